The fourth-order valence-corrected chi connectivity index (χ4v) is 3.90. The highest BCUT2D eigenvalue weighted by Gasteiger charge is 2.45. The molecule has 1 unspecified atom stereocenters. The molecule has 2 aromatic rings. The molecule has 3 rings (SSSR count). The molecule has 6 heteroatoms. The van der Waals surface area contributed by atoms with Crippen molar-refractivity contribution in [1.29, 1.82) is 0 Å². The third kappa shape index (κ3) is 4.89. The summed E-state index contributed by atoms with van der Waals surface area (Å²) in [5.74, 6) is -0.272. The van der Waals surface area contributed by atoms with Gasteiger partial charge in [0.25, 0.3) is 5.91 Å². The number of carbonyl (C=O) groups is 2. The molecule has 1 saturated heterocycles. The third-order valence-corrected chi connectivity index (χ3v) is 5.40. The molecule has 0 spiro atoms. The van der Waals surface area contributed by atoms with Crippen molar-refractivity contribution in [2.45, 2.75) is 18.9 Å². The van der Waals surface area contributed by atoms with Gasteiger partial charge >= 0.3 is 0 Å². The summed E-state index contributed by atoms with van der Waals surface area (Å²) in [4.78, 5) is 28.7. The van der Waals surface area contributed by atoms with E-state index in [4.69, 9.17) is 9.47 Å². The van der Waals surface area contributed by atoms with E-state index in [0.717, 1.165) is 16.7 Å². The fourth-order valence-electron chi connectivity index (χ4n) is 3.90. The summed E-state index contributed by atoms with van der Waals surface area (Å²) in [7, 11) is 4.92. The number of methoxy groups -OCH3 is 1. The Morgan fingerprint density at radius 1 is 1.13 bits per heavy atom. The quantitative estimate of drug-likeness (QED) is 0.734. The van der Waals surface area contributed by atoms with Gasteiger partial charge in [-0.3, -0.25) is 9.59 Å². The summed E-state index contributed by atoms with van der Waals surface area (Å²) in [5.41, 5.74) is 3.38. The molecule has 2 amide bonds. The molecule has 1 aliphatic heterocycles. The topological polar surface area (TPSA) is 59.1 Å². The molecule has 0 N–H and O–H groups in total. The van der Waals surface area contributed by atoms with Gasteiger partial charge in [-0.05, 0) is 23.6 Å². The van der Waals surface area contributed by atoms with Crippen LogP contribution in [0.15, 0.2) is 48.5 Å². The Kier molecular flexibility index (Phi) is 6.90. The molecule has 6 nitrogen and oxygen atoms in total. The number of benzene rings is 2. The number of carbonyl (C=O) groups excluding carboxylic acids is 2. The van der Waals surface area contributed by atoms with E-state index < -0.39 is 5.60 Å². The molecule has 1 heterocycles. The van der Waals surface area contributed by atoms with Crippen molar-refractivity contribution in [3.05, 3.63) is 59.7 Å². The summed E-state index contributed by atoms with van der Waals surface area (Å²) >= 11 is 0. The van der Waals surface area contributed by atoms with Crippen LogP contribution in [0.25, 0.3) is 11.1 Å². The molecule has 160 valence electrons. The molecular weight excluding hydrogens is 380 g/mol. The monoisotopic (exact) mass is 410 g/mol. The van der Waals surface area contributed by atoms with Gasteiger partial charge in [0.05, 0.1) is 13.2 Å². The van der Waals surface area contributed by atoms with Crippen LogP contribution in [0, 0.1) is 6.92 Å². The molecule has 2 aromatic carbocycles. The summed E-state index contributed by atoms with van der Waals surface area (Å²) in [6, 6.07) is 16.5. The second kappa shape index (κ2) is 9.41. The van der Waals surface area contributed by atoms with Gasteiger partial charge in [0.1, 0.15) is 6.61 Å². The molecule has 0 aromatic heterocycles. The van der Waals surface area contributed by atoms with Crippen molar-refractivity contribution in [2.75, 3.05) is 47.5 Å². The Hall–Kier alpha value is -2.70. The molecule has 1 aliphatic rings. The fraction of sp³-hybridized carbons (Fsp3) is 0.417. The van der Waals surface area contributed by atoms with Crippen LogP contribution >= 0.6 is 0 Å². The number of likely N-dealkylation sites (N-methyl/N-ethyl adjacent to an activating group) is 1. The van der Waals surface area contributed by atoms with Gasteiger partial charge in [-0.1, -0.05) is 54.1 Å². The zero-order valence-corrected chi connectivity index (χ0v) is 18.2. The van der Waals surface area contributed by atoms with Gasteiger partial charge < -0.3 is 19.3 Å². The maximum atomic E-state index is 13.1. The zero-order chi connectivity index (χ0) is 21.7. The van der Waals surface area contributed by atoms with Crippen molar-refractivity contribution >= 4 is 11.8 Å². The molecule has 0 bridgehead atoms. The number of rotatable bonds is 6. The third-order valence-electron chi connectivity index (χ3n) is 5.40. The van der Waals surface area contributed by atoms with Crippen LogP contribution in [-0.4, -0.2) is 74.7 Å². The highest BCUT2D eigenvalue weighted by Crippen LogP contribution is 2.27. The van der Waals surface area contributed by atoms with E-state index in [-0.39, 0.29) is 25.0 Å². The Labute approximate surface area is 178 Å². The number of aryl methyl sites for hydroxylation is 1. The highest BCUT2D eigenvalue weighted by atomic mass is 16.5. The Morgan fingerprint density at radius 3 is 2.50 bits per heavy atom. The van der Waals surface area contributed by atoms with E-state index in [1.807, 2.05) is 18.2 Å². The van der Waals surface area contributed by atoms with Gasteiger partial charge in [-0.2, -0.15) is 0 Å². The Morgan fingerprint density at radius 2 is 1.87 bits per heavy atom. The maximum absolute atomic E-state index is 13.1. The van der Waals surface area contributed by atoms with Crippen LogP contribution in [0.4, 0.5) is 0 Å². The maximum Gasteiger partial charge on any atom is 0.256 e. The molecule has 30 heavy (non-hydrogen) atoms. The first-order valence-electron chi connectivity index (χ1n) is 10.1. The second-order valence-corrected chi connectivity index (χ2v) is 8.03. The Balaban J connectivity index is 1.85. The normalized spacial score (nSPS) is 18.9. The molecule has 0 radical (unpaired) electrons. The smallest absolute Gasteiger partial charge is 0.256 e. The SMILES string of the molecule is COCC(=O)N1CCOC(Cc2ccc(-c3cccc(C)c3)cc2)(C(=O)N(C)C)C1. The number of ether oxygens (including phenoxy) is 2. The van der Waals surface area contributed by atoms with E-state index in [0.29, 0.717) is 19.6 Å². The minimum atomic E-state index is -1.10. The van der Waals surface area contributed by atoms with Gasteiger partial charge in [0.2, 0.25) is 5.91 Å². The average Bonchev–Trinajstić information content (AvgIpc) is 2.74. The highest BCUT2D eigenvalue weighted by molar-refractivity contribution is 5.87. The standard InChI is InChI=1S/C24H30N2O4/c1-18-6-5-7-21(14-18)20-10-8-19(9-11-20)15-24(23(28)25(2)3)17-26(12-13-30-24)22(27)16-29-4/h5-11,14H,12-13,15-17H2,1-4H3. The zero-order valence-electron chi connectivity index (χ0n) is 18.2. The number of morpholine rings is 1. The van der Waals surface area contributed by atoms with Crippen LogP contribution in [0.5, 0.6) is 0 Å². The first kappa shape index (κ1) is 22.0. The lowest BCUT2D eigenvalue weighted by Gasteiger charge is -2.42. The molecular formula is C24H30N2O4. The minimum absolute atomic E-state index is 0.00256. The van der Waals surface area contributed by atoms with Gasteiger partial charge in [-0.25, -0.2) is 0 Å². The van der Waals surface area contributed by atoms with Gasteiger partial charge in [-0.15, -0.1) is 0 Å². The molecule has 0 aliphatic carbocycles. The van der Waals surface area contributed by atoms with E-state index in [2.05, 4.69) is 37.3 Å². The summed E-state index contributed by atoms with van der Waals surface area (Å²) in [6.07, 6.45) is 0.398. The van der Waals surface area contributed by atoms with Gasteiger partial charge in [0, 0.05) is 34.2 Å². The lowest BCUT2D eigenvalue weighted by atomic mass is 9.90. The van der Waals surface area contributed by atoms with Crippen LogP contribution in [0.3, 0.4) is 0 Å². The number of hydrogen-bond acceptors (Lipinski definition) is 4. The van der Waals surface area contributed by atoms with E-state index in [1.54, 1.807) is 19.0 Å². The first-order chi connectivity index (χ1) is 14.3. The van der Waals surface area contributed by atoms with E-state index in [9.17, 15) is 9.59 Å². The minimum Gasteiger partial charge on any atom is -0.375 e. The van der Waals surface area contributed by atoms with Crippen molar-refractivity contribution in [3.63, 3.8) is 0 Å². The largest absolute Gasteiger partial charge is 0.375 e. The predicted molar refractivity (Wildman–Crippen MR) is 116 cm³/mol. The lowest BCUT2D eigenvalue weighted by molar-refractivity contribution is -0.173. The Bertz CT molecular complexity index is 894. The summed E-state index contributed by atoms with van der Waals surface area (Å²) in [5, 5.41) is 0. The van der Waals surface area contributed by atoms with Crippen LogP contribution in [0.2, 0.25) is 0 Å². The van der Waals surface area contributed by atoms with Crippen LogP contribution in [-0.2, 0) is 25.5 Å². The van der Waals surface area contributed by atoms with Gasteiger partial charge in [0.15, 0.2) is 5.60 Å². The average molecular weight is 411 g/mol. The van der Waals surface area contributed by atoms with Crippen molar-refractivity contribution in [2.24, 2.45) is 0 Å². The predicted octanol–water partition coefficient (Wildman–Crippen LogP) is 2.54. The van der Waals surface area contributed by atoms with Crippen molar-refractivity contribution < 1.29 is 19.1 Å². The number of nitrogens with zero attached hydrogens (tertiary/aromatic N) is 2. The second-order valence-electron chi connectivity index (χ2n) is 8.03. The van der Waals surface area contributed by atoms with Crippen molar-refractivity contribution in [3.8, 4) is 11.1 Å². The molecule has 1 atom stereocenters. The van der Waals surface area contributed by atoms with E-state index in [1.165, 1.54) is 17.6 Å². The van der Waals surface area contributed by atoms with Crippen LogP contribution < -0.4 is 0 Å². The number of amides is 2. The van der Waals surface area contributed by atoms with E-state index >= 15 is 0 Å². The lowest BCUT2D eigenvalue weighted by Crippen LogP contribution is -2.62. The molecule has 1 fully saturated rings. The molecule has 0 saturated carbocycles. The first-order valence-corrected chi connectivity index (χ1v) is 10.1. The number of hydrogen-bond donors (Lipinski definition) is 0. The summed E-state index contributed by atoms with van der Waals surface area (Å²) in [6.45, 7) is 3.06. The van der Waals surface area contributed by atoms with Crippen LogP contribution in [0.1, 0.15) is 11.1 Å². The summed E-state index contributed by atoms with van der Waals surface area (Å²) < 4.78 is 11.0. The van der Waals surface area contributed by atoms with Crippen molar-refractivity contribution in [1.82, 2.24) is 9.80 Å².